The van der Waals surface area contributed by atoms with Gasteiger partial charge in [-0.05, 0) is 44.0 Å². The number of esters is 1. The third-order valence-corrected chi connectivity index (χ3v) is 8.49. The van der Waals surface area contributed by atoms with Crippen LogP contribution < -0.4 is 5.32 Å². The number of nitrogens with zero attached hydrogens (tertiary/aromatic N) is 2. The van der Waals surface area contributed by atoms with Crippen molar-refractivity contribution in [1.82, 2.24) is 9.29 Å². The Bertz CT molecular complexity index is 1280. The second-order valence-electron chi connectivity index (χ2n) is 8.09. The molecule has 8 nitrogen and oxygen atoms in total. The third-order valence-electron chi connectivity index (χ3n) is 5.82. The summed E-state index contributed by atoms with van der Waals surface area (Å²) in [5, 5.41) is 5.17. The molecule has 0 bridgehead atoms. The highest BCUT2D eigenvalue weighted by Crippen LogP contribution is 2.28. The van der Waals surface area contributed by atoms with Gasteiger partial charge in [-0.15, -0.1) is 11.3 Å². The molecule has 0 aliphatic carbocycles. The second-order valence-corrected chi connectivity index (χ2v) is 10.9. The Morgan fingerprint density at radius 1 is 1.06 bits per heavy atom. The number of hydrogen-bond donors (Lipinski definition) is 1. The minimum absolute atomic E-state index is 0.158. The molecule has 0 radical (unpaired) electrons. The summed E-state index contributed by atoms with van der Waals surface area (Å²) in [6, 6.07) is 13.7. The first-order chi connectivity index (χ1) is 16.3. The molecule has 0 saturated carbocycles. The third kappa shape index (κ3) is 5.19. The van der Waals surface area contributed by atoms with Crippen molar-refractivity contribution in [2.45, 2.75) is 24.7 Å². The predicted octanol–water partition coefficient (Wildman–Crippen LogP) is 3.94. The van der Waals surface area contributed by atoms with E-state index in [2.05, 4.69) is 10.3 Å². The van der Waals surface area contributed by atoms with Crippen LogP contribution in [0.3, 0.4) is 0 Å². The standard InChI is InChI=1S/C24H25N3O5S2/c1-16-3-9-20(10-4-16)34(30,31)27-13-11-18(12-14-27)22(28)26-24-25-21(15-33-24)17-5-7-19(8-6-17)23(29)32-2/h3-10,15,18H,11-14H2,1-2H3,(H,25,26,28). The predicted molar refractivity (Wildman–Crippen MR) is 130 cm³/mol. The molecule has 1 fully saturated rings. The fraction of sp³-hybridized carbons (Fsp3) is 0.292. The Morgan fingerprint density at radius 2 is 1.71 bits per heavy atom. The minimum Gasteiger partial charge on any atom is -0.465 e. The van der Waals surface area contributed by atoms with E-state index in [0.717, 1.165) is 11.1 Å². The molecule has 1 N–H and O–H groups in total. The van der Waals surface area contributed by atoms with Crippen molar-refractivity contribution in [1.29, 1.82) is 0 Å². The van der Waals surface area contributed by atoms with Crippen molar-refractivity contribution in [3.63, 3.8) is 0 Å². The van der Waals surface area contributed by atoms with Gasteiger partial charge in [-0.25, -0.2) is 18.2 Å². The van der Waals surface area contributed by atoms with Crippen LogP contribution in [0.15, 0.2) is 58.8 Å². The second kappa shape index (κ2) is 10.0. The van der Waals surface area contributed by atoms with Gasteiger partial charge in [0.05, 0.1) is 23.3 Å². The minimum atomic E-state index is -3.56. The normalized spacial score (nSPS) is 15.1. The summed E-state index contributed by atoms with van der Waals surface area (Å²) in [7, 11) is -2.23. The smallest absolute Gasteiger partial charge is 0.337 e. The quantitative estimate of drug-likeness (QED) is 0.515. The summed E-state index contributed by atoms with van der Waals surface area (Å²) in [5.74, 6) is -0.846. The van der Waals surface area contributed by atoms with Gasteiger partial charge < -0.3 is 10.1 Å². The van der Waals surface area contributed by atoms with Gasteiger partial charge in [-0.2, -0.15) is 4.31 Å². The lowest BCUT2D eigenvalue weighted by molar-refractivity contribution is -0.120. The van der Waals surface area contributed by atoms with Crippen LogP contribution in [0.4, 0.5) is 5.13 Å². The van der Waals surface area contributed by atoms with Gasteiger partial charge in [0.2, 0.25) is 15.9 Å². The number of thiazole rings is 1. The highest BCUT2D eigenvalue weighted by molar-refractivity contribution is 7.89. The highest BCUT2D eigenvalue weighted by Gasteiger charge is 2.32. The first-order valence-corrected chi connectivity index (χ1v) is 13.1. The molecule has 1 aliphatic heterocycles. The van der Waals surface area contributed by atoms with Gasteiger partial charge in [0.1, 0.15) is 0 Å². The first kappa shape index (κ1) is 24.1. The highest BCUT2D eigenvalue weighted by atomic mass is 32.2. The first-order valence-electron chi connectivity index (χ1n) is 10.8. The van der Waals surface area contributed by atoms with E-state index in [1.54, 1.807) is 48.5 Å². The fourth-order valence-electron chi connectivity index (χ4n) is 3.78. The van der Waals surface area contributed by atoms with E-state index in [4.69, 9.17) is 4.74 Å². The molecule has 0 spiro atoms. The number of aryl methyl sites for hydroxylation is 1. The Morgan fingerprint density at radius 3 is 2.32 bits per heavy atom. The van der Waals surface area contributed by atoms with Gasteiger partial charge in [0.25, 0.3) is 0 Å². The van der Waals surface area contributed by atoms with Crippen molar-refractivity contribution < 1.29 is 22.7 Å². The summed E-state index contributed by atoms with van der Waals surface area (Å²) < 4.78 is 31.9. The van der Waals surface area contributed by atoms with E-state index in [-0.39, 0.29) is 16.7 Å². The molecular formula is C24H25N3O5S2. The lowest BCUT2D eigenvalue weighted by Gasteiger charge is -2.30. The SMILES string of the molecule is COC(=O)c1ccc(-c2csc(NC(=O)C3CCN(S(=O)(=O)c4ccc(C)cc4)CC3)n2)cc1. The summed E-state index contributed by atoms with van der Waals surface area (Å²) in [5.41, 5.74) is 2.96. The molecule has 34 heavy (non-hydrogen) atoms. The van der Waals surface area contributed by atoms with E-state index < -0.39 is 16.0 Å². The van der Waals surface area contributed by atoms with Gasteiger partial charge >= 0.3 is 5.97 Å². The molecule has 178 valence electrons. The summed E-state index contributed by atoms with van der Waals surface area (Å²) in [6.07, 6.45) is 0.897. The molecule has 1 saturated heterocycles. The number of piperidine rings is 1. The van der Waals surface area contributed by atoms with Crippen molar-refractivity contribution in [2.75, 3.05) is 25.5 Å². The fourth-order valence-corrected chi connectivity index (χ4v) is 5.98. The number of aromatic nitrogens is 1. The molecule has 0 atom stereocenters. The van der Waals surface area contributed by atoms with Crippen molar-refractivity contribution >= 4 is 38.4 Å². The van der Waals surface area contributed by atoms with Crippen LogP contribution in [0, 0.1) is 12.8 Å². The molecule has 2 heterocycles. The van der Waals surface area contributed by atoms with Gasteiger partial charge in [0.15, 0.2) is 5.13 Å². The van der Waals surface area contributed by atoms with Crippen LogP contribution in [0.5, 0.6) is 0 Å². The van der Waals surface area contributed by atoms with E-state index >= 15 is 0 Å². The van der Waals surface area contributed by atoms with Gasteiger partial charge in [-0.3, -0.25) is 4.79 Å². The molecule has 2 aromatic carbocycles. The zero-order valence-electron chi connectivity index (χ0n) is 18.9. The number of sulfonamides is 1. The zero-order chi connectivity index (χ0) is 24.3. The molecule has 4 rings (SSSR count). The maximum Gasteiger partial charge on any atom is 0.337 e. The van der Waals surface area contributed by atoms with Crippen molar-refractivity contribution in [2.24, 2.45) is 5.92 Å². The summed E-state index contributed by atoms with van der Waals surface area (Å²) in [6.45, 7) is 2.50. The molecule has 10 heteroatoms. The number of carbonyl (C=O) groups excluding carboxylic acids is 2. The van der Waals surface area contributed by atoms with Crippen molar-refractivity contribution in [3.05, 3.63) is 65.0 Å². The molecule has 0 unspecified atom stereocenters. The monoisotopic (exact) mass is 499 g/mol. The average molecular weight is 500 g/mol. The number of nitrogens with one attached hydrogen (secondary N) is 1. The molecule has 3 aromatic rings. The lowest BCUT2D eigenvalue weighted by atomic mass is 9.97. The maximum atomic E-state index is 12.9. The number of rotatable bonds is 6. The average Bonchev–Trinajstić information content (AvgIpc) is 3.32. The number of hydrogen-bond acceptors (Lipinski definition) is 7. The van der Waals surface area contributed by atoms with Crippen LogP contribution in [0.1, 0.15) is 28.8 Å². The Balaban J connectivity index is 1.34. The molecule has 1 aliphatic rings. The molecular weight excluding hydrogens is 474 g/mol. The number of benzene rings is 2. The van der Waals surface area contributed by atoms with Crippen LogP contribution in [0.25, 0.3) is 11.3 Å². The number of amides is 1. The maximum absolute atomic E-state index is 12.9. The number of anilines is 1. The molecule has 1 amide bonds. The van der Waals surface area contributed by atoms with Crippen molar-refractivity contribution in [3.8, 4) is 11.3 Å². The number of carbonyl (C=O) groups is 2. The van der Waals surface area contributed by atoms with Crippen LogP contribution in [-0.4, -0.2) is 49.8 Å². The Kier molecular flexibility index (Phi) is 7.11. The van der Waals surface area contributed by atoms with Crippen LogP contribution in [0.2, 0.25) is 0 Å². The van der Waals surface area contributed by atoms with E-state index in [9.17, 15) is 18.0 Å². The van der Waals surface area contributed by atoms with Crippen LogP contribution >= 0.6 is 11.3 Å². The van der Waals surface area contributed by atoms with Gasteiger partial charge in [0, 0.05) is 30.0 Å². The van der Waals surface area contributed by atoms with E-state index in [1.165, 1.54) is 22.8 Å². The largest absolute Gasteiger partial charge is 0.465 e. The number of methoxy groups -OCH3 is 1. The zero-order valence-corrected chi connectivity index (χ0v) is 20.5. The summed E-state index contributed by atoms with van der Waals surface area (Å²) in [4.78, 5) is 29.1. The topological polar surface area (TPSA) is 106 Å². The lowest BCUT2D eigenvalue weighted by Crippen LogP contribution is -2.41. The summed E-state index contributed by atoms with van der Waals surface area (Å²) >= 11 is 1.31. The van der Waals surface area contributed by atoms with Crippen LogP contribution in [-0.2, 0) is 19.6 Å². The van der Waals surface area contributed by atoms with E-state index in [0.29, 0.717) is 42.3 Å². The number of ether oxygens (including phenoxy) is 1. The molecule has 1 aromatic heterocycles. The Labute approximate surface area is 202 Å². The van der Waals surface area contributed by atoms with Gasteiger partial charge in [-0.1, -0.05) is 29.8 Å². The van der Waals surface area contributed by atoms with E-state index in [1.807, 2.05) is 12.3 Å². The Hall–Kier alpha value is -3.08.